The Balaban J connectivity index is 1.46. The van der Waals surface area contributed by atoms with Gasteiger partial charge in [-0.2, -0.15) is 0 Å². The molecule has 0 spiro atoms. The Hall–Kier alpha value is -2.48. The van der Waals surface area contributed by atoms with E-state index >= 15 is 0 Å². The number of primary amides is 1. The van der Waals surface area contributed by atoms with E-state index < -0.39 is 0 Å². The number of hydrogen-bond acceptors (Lipinski definition) is 6. The van der Waals surface area contributed by atoms with E-state index in [0.717, 1.165) is 32.1 Å². The van der Waals surface area contributed by atoms with Gasteiger partial charge in [0.1, 0.15) is 0 Å². The van der Waals surface area contributed by atoms with Gasteiger partial charge in [-0.1, -0.05) is 12.2 Å². The van der Waals surface area contributed by atoms with Crippen LogP contribution >= 0.6 is 0 Å². The molecule has 2 atom stereocenters. The zero-order chi connectivity index (χ0) is 17.6. The van der Waals surface area contributed by atoms with Crippen molar-refractivity contribution in [3.8, 4) is 0 Å². The predicted octanol–water partition coefficient (Wildman–Crippen LogP) is -0.465. The van der Waals surface area contributed by atoms with Crippen LogP contribution in [0, 0.1) is 5.92 Å². The Labute approximate surface area is 147 Å². The highest BCUT2D eigenvalue weighted by atomic mass is 16.2. The zero-order valence-electron chi connectivity index (χ0n) is 14.2. The second kappa shape index (κ2) is 8.06. The molecule has 1 saturated heterocycles. The highest BCUT2D eigenvalue weighted by Gasteiger charge is 2.29. The SMILES string of the molecule is NC(=O)[C@@H]1CC=CC[C@H]1NC(=O)CN1CCN(c2ncccn2)CC1. The lowest BCUT2D eigenvalue weighted by atomic mass is 9.88. The van der Waals surface area contributed by atoms with Crippen LogP contribution in [-0.4, -0.2) is 65.4 Å². The summed E-state index contributed by atoms with van der Waals surface area (Å²) in [5.74, 6) is -0.00647. The van der Waals surface area contributed by atoms with Gasteiger partial charge in [0.2, 0.25) is 17.8 Å². The van der Waals surface area contributed by atoms with Crippen LogP contribution in [0.25, 0.3) is 0 Å². The third kappa shape index (κ3) is 4.54. The predicted molar refractivity (Wildman–Crippen MR) is 93.7 cm³/mol. The third-order valence-electron chi connectivity index (χ3n) is 4.72. The fraction of sp³-hybridized carbons (Fsp3) is 0.529. The second-order valence-electron chi connectivity index (χ2n) is 6.44. The first kappa shape index (κ1) is 17.3. The number of anilines is 1. The first-order chi connectivity index (χ1) is 12.1. The van der Waals surface area contributed by atoms with Crippen LogP contribution in [-0.2, 0) is 9.59 Å². The van der Waals surface area contributed by atoms with Crippen LogP contribution in [0.15, 0.2) is 30.6 Å². The lowest BCUT2D eigenvalue weighted by Gasteiger charge is -2.35. The number of piperazine rings is 1. The number of amides is 2. The van der Waals surface area contributed by atoms with Crippen molar-refractivity contribution in [2.75, 3.05) is 37.6 Å². The number of aromatic nitrogens is 2. The fourth-order valence-corrected chi connectivity index (χ4v) is 3.30. The van der Waals surface area contributed by atoms with Crippen molar-refractivity contribution < 1.29 is 9.59 Å². The molecule has 0 bridgehead atoms. The molecule has 25 heavy (non-hydrogen) atoms. The van der Waals surface area contributed by atoms with Crippen molar-refractivity contribution in [2.24, 2.45) is 11.7 Å². The number of nitrogens with one attached hydrogen (secondary N) is 1. The quantitative estimate of drug-likeness (QED) is 0.700. The van der Waals surface area contributed by atoms with Crippen molar-refractivity contribution in [1.82, 2.24) is 20.2 Å². The van der Waals surface area contributed by atoms with E-state index in [2.05, 4.69) is 25.1 Å². The smallest absolute Gasteiger partial charge is 0.234 e. The lowest BCUT2D eigenvalue weighted by molar-refractivity contribution is -0.125. The molecule has 3 rings (SSSR count). The normalized spacial score (nSPS) is 24.1. The molecule has 0 radical (unpaired) electrons. The highest BCUT2D eigenvalue weighted by Crippen LogP contribution is 2.18. The number of carbonyl (C=O) groups is 2. The molecule has 1 aliphatic heterocycles. The molecular formula is C17H24N6O2. The van der Waals surface area contributed by atoms with Gasteiger partial charge in [-0.15, -0.1) is 0 Å². The second-order valence-corrected chi connectivity index (χ2v) is 6.44. The zero-order valence-corrected chi connectivity index (χ0v) is 14.2. The molecule has 3 N–H and O–H groups in total. The van der Waals surface area contributed by atoms with E-state index in [1.165, 1.54) is 0 Å². The van der Waals surface area contributed by atoms with Gasteiger partial charge in [0.05, 0.1) is 12.5 Å². The van der Waals surface area contributed by atoms with Crippen molar-refractivity contribution in [2.45, 2.75) is 18.9 Å². The van der Waals surface area contributed by atoms with Crippen LogP contribution in [0.1, 0.15) is 12.8 Å². The minimum absolute atomic E-state index is 0.0593. The number of nitrogens with zero attached hydrogens (tertiary/aromatic N) is 4. The third-order valence-corrected chi connectivity index (χ3v) is 4.72. The number of nitrogens with two attached hydrogens (primary N) is 1. The van der Waals surface area contributed by atoms with Crippen LogP contribution in [0.3, 0.4) is 0 Å². The maximum absolute atomic E-state index is 12.3. The Morgan fingerprint density at radius 1 is 1.12 bits per heavy atom. The molecule has 0 saturated carbocycles. The van der Waals surface area contributed by atoms with E-state index in [4.69, 9.17) is 5.73 Å². The molecule has 8 heteroatoms. The lowest BCUT2D eigenvalue weighted by Crippen LogP contribution is -2.52. The number of allylic oxidation sites excluding steroid dienone is 1. The Morgan fingerprint density at radius 2 is 1.80 bits per heavy atom. The molecular weight excluding hydrogens is 320 g/mol. The van der Waals surface area contributed by atoms with E-state index in [0.29, 0.717) is 19.4 Å². The van der Waals surface area contributed by atoms with E-state index in [9.17, 15) is 9.59 Å². The van der Waals surface area contributed by atoms with Crippen LogP contribution in [0.2, 0.25) is 0 Å². The number of carbonyl (C=O) groups excluding carboxylic acids is 2. The van der Waals surface area contributed by atoms with Crippen LogP contribution in [0.5, 0.6) is 0 Å². The molecule has 2 heterocycles. The van der Waals surface area contributed by atoms with Gasteiger partial charge >= 0.3 is 0 Å². The molecule has 134 valence electrons. The summed E-state index contributed by atoms with van der Waals surface area (Å²) in [5, 5.41) is 2.97. The maximum Gasteiger partial charge on any atom is 0.234 e. The largest absolute Gasteiger partial charge is 0.369 e. The van der Waals surface area contributed by atoms with E-state index in [1.54, 1.807) is 18.5 Å². The molecule has 1 fully saturated rings. The molecule has 2 amide bonds. The average Bonchev–Trinajstić information content (AvgIpc) is 2.63. The van der Waals surface area contributed by atoms with Crippen molar-refractivity contribution in [3.05, 3.63) is 30.6 Å². The molecule has 1 aromatic rings. The van der Waals surface area contributed by atoms with Crippen LogP contribution in [0.4, 0.5) is 5.95 Å². The summed E-state index contributed by atoms with van der Waals surface area (Å²) in [4.78, 5) is 36.6. The highest BCUT2D eigenvalue weighted by molar-refractivity contribution is 5.81. The maximum atomic E-state index is 12.3. The number of rotatable bonds is 5. The summed E-state index contributed by atoms with van der Waals surface area (Å²) in [7, 11) is 0. The topological polar surface area (TPSA) is 104 Å². The minimum Gasteiger partial charge on any atom is -0.369 e. The van der Waals surface area contributed by atoms with Gasteiger partial charge in [0, 0.05) is 44.6 Å². The summed E-state index contributed by atoms with van der Waals surface area (Å²) in [6, 6.07) is 1.60. The first-order valence-electron chi connectivity index (χ1n) is 8.61. The summed E-state index contributed by atoms with van der Waals surface area (Å²) >= 11 is 0. The summed E-state index contributed by atoms with van der Waals surface area (Å²) in [6.45, 7) is 3.45. The van der Waals surface area contributed by atoms with Gasteiger partial charge in [-0.05, 0) is 18.9 Å². The summed E-state index contributed by atoms with van der Waals surface area (Å²) in [6.07, 6.45) is 8.65. The molecule has 8 nitrogen and oxygen atoms in total. The molecule has 1 aromatic heterocycles. The Kier molecular flexibility index (Phi) is 5.60. The Bertz CT molecular complexity index is 627. The number of hydrogen-bond donors (Lipinski definition) is 2. The summed E-state index contributed by atoms with van der Waals surface area (Å²) in [5.41, 5.74) is 5.44. The minimum atomic E-state index is -0.355. The van der Waals surface area contributed by atoms with E-state index in [1.807, 2.05) is 12.2 Å². The molecule has 0 unspecified atom stereocenters. The molecule has 1 aliphatic carbocycles. The van der Waals surface area contributed by atoms with Crippen molar-refractivity contribution in [3.63, 3.8) is 0 Å². The monoisotopic (exact) mass is 344 g/mol. The first-order valence-corrected chi connectivity index (χ1v) is 8.61. The fourth-order valence-electron chi connectivity index (χ4n) is 3.30. The molecule has 0 aromatic carbocycles. The van der Waals surface area contributed by atoms with Crippen LogP contribution < -0.4 is 16.0 Å². The van der Waals surface area contributed by atoms with Gasteiger partial charge in [0.25, 0.3) is 0 Å². The summed E-state index contributed by atoms with van der Waals surface area (Å²) < 4.78 is 0. The van der Waals surface area contributed by atoms with Gasteiger partial charge in [-0.25, -0.2) is 9.97 Å². The Morgan fingerprint density at radius 3 is 2.48 bits per heavy atom. The van der Waals surface area contributed by atoms with Crippen molar-refractivity contribution in [1.29, 1.82) is 0 Å². The van der Waals surface area contributed by atoms with E-state index in [-0.39, 0.29) is 23.8 Å². The van der Waals surface area contributed by atoms with Gasteiger partial charge in [0.15, 0.2) is 0 Å². The van der Waals surface area contributed by atoms with Gasteiger partial charge in [-0.3, -0.25) is 14.5 Å². The van der Waals surface area contributed by atoms with Gasteiger partial charge < -0.3 is 16.0 Å². The average molecular weight is 344 g/mol. The van der Waals surface area contributed by atoms with Crippen molar-refractivity contribution >= 4 is 17.8 Å². The standard InChI is InChI=1S/C17H24N6O2/c18-16(25)13-4-1-2-5-14(13)21-15(24)12-22-8-10-23(11-9-22)17-19-6-3-7-20-17/h1-3,6-7,13-14H,4-5,8-12H2,(H2,18,25)(H,21,24)/t13-,14-/m1/s1. The molecule has 2 aliphatic rings.